The molecule has 92 valence electrons. The highest BCUT2D eigenvalue weighted by Crippen LogP contribution is 2.07. The Labute approximate surface area is 97.6 Å². The first-order valence-corrected chi connectivity index (χ1v) is 5.06. The van der Waals surface area contributed by atoms with Crippen LogP contribution in [0.3, 0.4) is 0 Å². The minimum atomic E-state index is -0.920. The molecule has 0 aliphatic heterocycles. The van der Waals surface area contributed by atoms with Gasteiger partial charge in [-0.25, -0.2) is 4.39 Å². The smallest absolute Gasteiger partial charge is 0.304 e. The molecule has 0 aliphatic carbocycles. The highest BCUT2D eigenvalue weighted by Gasteiger charge is 2.02. The predicted molar refractivity (Wildman–Crippen MR) is 60.2 cm³/mol. The summed E-state index contributed by atoms with van der Waals surface area (Å²) in [7, 11) is 0. The maximum atomic E-state index is 12.6. The number of anilines is 1. The Morgan fingerprint density at radius 1 is 1.24 bits per heavy atom. The number of carbonyl (C=O) groups excluding carboxylic acids is 1. The second-order valence-corrected chi connectivity index (χ2v) is 3.38. The summed E-state index contributed by atoms with van der Waals surface area (Å²) in [6.07, 6.45) is -0.0379. The molecule has 1 rings (SSSR count). The molecule has 3 N–H and O–H groups in total. The van der Waals surface area contributed by atoms with E-state index >= 15 is 0 Å². The topological polar surface area (TPSA) is 78.4 Å². The monoisotopic (exact) mass is 240 g/mol. The standard InChI is InChI=1S/C11H13FN2O3/c12-8-1-3-9(4-2-8)14-10(15)7-13-6-5-11(16)17/h1-4,13H,5-7H2,(H,14,15)(H,16,17). The zero-order valence-electron chi connectivity index (χ0n) is 9.07. The van der Waals surface area contributed by atoms with Crippen LogP contribution >= 0.6 is 0 Å². The molecule has 0 saturated carbocycles. The zero-order chi connectivity index (χ0) is 12.7. The van der Waals surface area contributed by atoms with Crippen LogP contribution in [0.1, 0.15) is 6.42 Å². The second-order valence-electron chi connectivity index (χ2n) is 3.38. The first-order chi connectivity index (χ1) is 8.08. The van der Waals surface area contributed by atoms with E-state index in [4.69, 9.17) is 5.11 Å². The molecular formula is C11H13FN2O3. The second kappa shape index (κ2) is 6.59. The van der Waals surface area contributed by atoms with Crippen LogP contribution in [0.5, 0.6) is 0 Å². The summed E-state index contributed by atoms with van der Waals surface area (Å²) in [5, 5.41) is 13.6. The van der Waals surface area contributed by atoms with E-state index in [1.807, 2.05) is 0 Å². The number of carboxylic acid groups (broad SMARTS) is 1. The van der Waals surface area contributed by atoms with Crippen LogP contribution in [0.4, 0.5) is 10.1 Å². The zero-order valence-corrected chi connectivity index (χ0v) is 9.07. The van der Waals surface area contributed by atoms with Crippen LogP contribution in [0.25, 0.3) is 0 Å². The lowest BCUT2D eigenvalue weighted by atomic mass is 10.3. The molecule has 0 unspecified atom stereocenters. The predicted octanol–water partition coefficient (Wildman–Crippen LogP) is 0.829. The van der Waals surface area contributed by atoms with E-state index in [0.29, 0.717) is 5.69 Å². The molecule has 17 heavy (non-hydrogen) atoms. The minimum absolute atomic E-state index is 0.0185. The molecule has 0 aliphatic rings. The fraction of sp³-hybridized carbons (Fsp3) is 0.273. The van der Waals surface area contributed by atoms with E-state index in [9.17, 15) is 14.0 Å². The van der Waals surface area contributed by atoms with Crippen molar-refractivity contribution < 1.29 is 19.1 Å². The van der Waals surface area contributed by atoms with Crippen molar-refractivity contribution in [3.05, 3.63) is 30.1 Å². The summed E-state index contributed by atoms with van der Waals surface area (Å²) in [6, 6.07) is 5.38. The van der Waals surface area contributed by atoms with E-state index in [2.05, 4.69) is 10.6 Å². The summed E-state index contributed by atoms with van der Waals surface area (Å²) in [5.41, 5.74) is 0.497. The van der Waals surface area contributed by atoms with Gasteiger partial charge < -0.3 is 15.7 Å². The average Bonchev–Trinajstić information content (AvgIpc) is 2.27. The Morgan fingerprint density at radius 2 is 1.88 bits per heavy atom. The number of carbonyl (C=O) groups is 2. The van der Waals surface area contributed by atoms with Gasteiger partial charge in [0, 0.05) is 12.2 Å². The van der Waals surface area contributed by atoms with Crippen molar-refractivity contribution in [3.63, 3.8) is 0 Å². The van der Waals surface area contributed by atoms with E-state index in [1.165, 1.54) is 24.3 Å². The molecular weight excluding hydrogens is 227 g/mol. The van der Waals surface area contributed by atoms with Gasteiger partial charge in [0.2, 0.25) is 5.91 Å². The summed E-state index contributed by atoms with van der Waals surface area (Å²) in [6.45, 7) is 0.247. The lowest BCUT2D eigenvalue weighted by Gasteiger charge is -2.05. The highest BCUT2D eigenvalue weighted by molar-refractivity contribution is 5.92. The molecule has 0 spiro atoms. The molecule has 5 nitrogen and oxygen atoms in total. The highest BCUT2D eigenvalue weighted by atomic mass is 19.1. The van der Waals surface area contributed by atoms with Gasteiger partial charge in [-0.1, -0.05) is 0 Å². The fourth-order valence-corrected chi connectivity index (χ4v) is 1.14. The van der Waals surface area contributed by atoms with Gasteiger partial charge in [-0.2, -0.15) is 0 Å². The molecule has 0 aromatic heterocycles. The maximum absolute atomic E-state index is 12.6. The normalized spacial score (nSPS) is 9.94. The number of nitrogens with one attached hydrogen (secondary N) is 2. The van der Waals surface area contributed by atoms with Crippen molar-refractivity contribution >= 4 is 17.6 Å². The van der Waals surface area contributed by atoms with E-state index < -0.39 is 5.97 Å². The van der Waals surface area contributed by atoms with Gasteiger partial charge in [-0.05, 0) is 24.3 Å². The van der Waals surface area contributed by atoms with Crippen LogP contribution < -0.4 is 10.6 Å². The molecule has 0 bridgehead atoms. The van der Waals surface area contributed by atoms with Gasteiger partial charge in [-0.15, -0.1) is 0 Å². The molecule has 0 fully saturated rings. The SMILES string of the molecule is O=C(O)CCNCC(=O)Nc1ccc(F)cc1. The lowest BCUT2D eigenvalue weighted by Crippen LogP contribution is -2.29. The third-order valence-electron chi connectivity index (χ3n) is 1.93. The lowest BCUT2D eigenvalue weighted by molar-refractivity contribution is -0.137. The van der Waals surface area contributed by atoms with Crippen molar-refractivity contribution in [1.29, 1.82) is 0 Å². The molecule has 0 atom stereocenters. The van der Waals surface area contributed by atoms with Crippen LogP contribution in [0.2, 0.25) is 0 Å². The Morgan fingerprint density at radius 3 is 2.47 bits per heavy atom. The first kappa shape index (κ1) is 13.1. The fourth-order valence-electron chi connectivity index (χ4n) is 1.14. The van der Waals surface area contributed by atoms with Crippen molar-refractivity contribution in [3.8, 4) is 0 Å². The van der Waals surface area contributed by atoms with Crippen LogP contribution in [0, 0.1) is 5.82 Å². The number of carboxylic acids is 1. The third-order valence-corrected chi connectivity index (χ3v) is 1.93. The number of aliphatic carboxylic acids is 1. The summed E-state index contributed by atoms with van der Waals surface area (Å²) >= 11 is 0. The Hall–Kier alpha value is -1.95. The average molecular weight is 240 g/mol. The molecule has 1 aromatic rings. The van der Waals surface area contributed by atoms with E-state index in [-0.39, 0.29) is 31.2 Å². The molecule has 0 heterocycles. The van der Waals surface area contributed by atoms with Gasteiger partial charge in [0.25, 0.3) is 0 Å². The minimum Gasteiger partial charge on any atom is -0.481 e. The maximum Gasteiger partial charge on any atom is 0.304 e. The largest absolute Gasteiger partial charge is 0.481 e. The summed E-state index contributed by atoms with van der Waals surface area (Å²) < 4.78 is 12.6. The summed E-state index contributed by atoms with van der Waals surface area (Å²) in [5.74, 6) is -1.60. The van der Waals surface area contributed by atoms with Crippen molar-refractivity contribution in [2.24, 2.45) is 0 Å². The number of hydrogen-bond acceptors (Lipinski definition) is 3. The van der Waals surface area contributed by atoms with Gasteiger partial charge in [-0.3, -0.25) is 9.59 Å². The van der Waals surface area contributed by atoms with Gasteiger partial charge >= 0.3 is 5.97 Å². The number of amides is 1. The number of halogens is 1. The van der Waals surface area contributed by atoms with Gasteiger partial charge in [0.1, 0.15) is 5.82 Å². The van der Waals surface area contributed by atoms with Gasteiger partial charge in [0.05, 0.1) is 13.0 Å². The third kappa shape index (κ3) is 5.62. The van der Waals surface area contributed by atoms with Crippen molar-refractivity contribution in [2.45, 2.75) is 6.42 Å². The first-order valence-electron chi connectivity index (χ1n) is 5.06. The molecule has 1 aromatic carbocycles. The van der Waals surface area contributed by atoms with Crippen LogP contribution in [-0.2, 0) is 9.59 Å². The number of hydrogen-bond donors (Lipinski definition) is 3. The molecule has 6 heteroatoms. The van der Waals surface area contributed by atoms with E-state index in [0.717, 1.165) is 0 Å². The van der Waals surface area contributed by atoms with Crippen molar-refractivity contribution in [1.82, 2.24) is 5.32 Å². The number of rotatable bonds is 6. The molecule has 0 saturated heterocycles. The van der Waals surface area contributed by atoms with Crippen LogP contribution in [0.15, 0.2) is 24.3 Å². The quantitative estimate of drug-likeness (QED) is 0.643. The van der Waals surface area contributed by atoms with Crippen molar-refractivity contribution in [2.75, 3.05) is 18.4 Å². The molecule has 1 amide bonds. The van der Waals surface area contributed by atoms with Gasteiger partial charge in [0.15, 0.2) is 0 Å². The van der Waals surface area contributed by atoms with Crippen LogP contribution in [-0.4, -0.2) is 30.1 Å². The molecule has 0 radical (unpaired) electrons. The number of benzene rings is 1. The Kier molecular flexibility index (Phi) is 5.09. The van der Waals surface area contributed by atoms with E-state index in [1.54, 1.807) is 0 Å². The summed E-state index contributed by atoms with van der Waals surface area (Å²) in [4.78, 5) is 21.5. The Bertz CT molecular complexity index is 392. The Balaban J connectivity index is 2.25.